The summed E-state index contributed by atoms with van der Waals surface area (Å²) in [6.07, 6.45) is 0.0372. The number of rotatable bonds is 4. The van der Waals surface area contributed by atoms with Crippen molar-refractivity contribution >= 4 is 5.91 Å². The van der Waals surface area contributed by atoms with Crippen molar-refractivity contribution in [2.75, 3.05) is 6.54 Å². The number of hydrogen-bond donors (Lipinski definition) is 2. The number of carbonyl (C=O) groups is 1. The molecule has 88 valence electrons. The lowest BCUT2D eigenvalue weighted by molar-refractivity contribution is 0.0945. The van der Waals surface area contributed by atoms with Gasteiger partial charge in [0.2, 0.25) is 0 Å². The molecule has 0 saturated heterocycles. The molecule has 0 aliphatic rings. The van der Waals surface area contributed by atoms with Crippen LogP contribution in [0, 0.1) is 12.7 Å². The maximum atomic E-state index is 13.2. The topological polar surface area (TPSA) is 49.3 Å². The third-order valence-electron chi connectivity index (χ3n) is 2.28. The number of amides is 1. The Kier molecular flexibility index (Phi) is 4.43. The first-order chi connectivity index (χ1) is 7.50. The minimum atomic E-state index is -0.449. The number of benzene rings is 1. The molecule has 0 aliphatic carbocycles. The average molecular weight is 225 g/mol. The Balaban J connectivity index is 2.56. The molecule has 0 fully saturated rings. The van der Waals surface area contributed by atoms with E-state index in [-0.39, 0.29) is 11.7 Å². The first kappa shape index (κ1) is 12.6. The second-order valence-corrected chi connectivity index (χ2v) is 3.86. The third-order valence-corrected chi connectivity index (χ3v) is 2.28. The number of aliphatic hydroxyl groups excluding tert-OH is 1. The van der Waals surface area contributed by atoms with Crippen molar-refractivity contribution in [1.29, 1.82) is 0 Å². The van der Waals surface area contributed by atoms with Crippen LogP contribution in [0.5, 0.6) is 0 Å². The van der Waals surface area contributed by atoms with Gasteiger partial charge in [0.15, 0.2) is 0 Å². The molecular formula is C12H16FNO2. The van der Waals surface area contributed by atoms with Crippen molar-refractivity contribution < 1.29 is 14.3 Å². The van der Waals surface area contributed by atoms with E-state index in [4.69, 9.17) is 5.11 Å². The fourth-order valence-corrected chi connectivity index (χ4v) is 1.23. The Morgan fingerprint density at radius 1 is 1.56 bits per heavy atom. The van der Waals surface area contributed by atoms with Crippen LogP contribution in [0.25, 0.3) is 0 Å². The van der Waals surface area contributed by atoms with Crippen molar-refractivity contribution in [2.24, 2.45) is 0 Å². The van der Waals surface area contributed by atoms with E-state index in [1.807, 2.05) is 0 Å². The summed E-state index contributed by atoms with van der Waals surface area (Å²) < 4.78 is 13.2. The van der Waals surface area contributed by atoms with Crippen LogP contribution in [-0.4, -0.2) is 23.7 Å². The average Bonchev–Trinajstić information content (AvgIpc) is 2.21. The van der Waals surface area contributed by atoms with Gasteiger partial charge < -0.3 is 10.4 Å². The molecule has 0 spiro atoms. The number of nitrogens with one attached hydrogen (secondary N) is 1. The van der Waals surface area contributed by atoms with Crippen LogP contribution in [0.15, 0.2) is 18.2 Å². The zero-order valence-electron chi connectivity index (χ0n) is 9.46. The van der Waals surface area contributed by atoms with Crippen LogP contribution >= 0.6 is 0 Å². The van der Waals surface area contributed by atoms with E-state index in [9.17, 15) is 9.18 Å². The maximum Gasteiger partial charge on any atom is 0.251 e. The molecule has 1 atom stereocenters. The Labute approximate surface area is 94.3 Å². The third kappa shape index (κ3) is 3.62. The van der Waals surface area contributed by atoms with Crippen LogP contribution in [0.1, 0.15) is 29.3 Å². The SMILES string of the molecule is Cc1ccc(C(=O)NCCC(C)O)cc1F. The van der Waals surface area contributed by atoms with Gasteiger partial charge in [-0.05, 0) is 38.0 Å². The zero-order valence-corrected chi connectivity index (χ0v) is 9.46. The van der Waals surface area contributed by atoms with Crippen molar-refractivity contribution in [2.45, 2.75) is 26.4 Å². The fraction of sp³-hybridized carbons (Fsp3) is 0.417. The summed E-state index contributed by atoms with van der Waals surface area (Å²) in [6.45, 7) is 3.67. The smallest absolute Gasteiger partial charge is 0.251 e. The predicted molar refractivity (Wildman–Crippen MR) is 59.8 cm³/mol. The molecule has 0 heterocycles. The second-order valence-electron chi connectivity index (χ2n) is 3.86. The van der Waals surface area contributed by atoms with Crippen LogP contribution < -0.4 is 5.32 Å². The number of aliphatic hydroxyl groups is 1. The van der Waals surface area contributed by atoms with E-state index in [0.717, 1.165) is 0 Å². The van der Waals surface area contributed by atoms with Gasteiger partial charge in [-0.25, -0.2) is 4.39 Å². The molecule has 1 amide bonds. The van der Waals surface area contributed by atoms with Crippen LogP contribution in [0.2, 0.25) is 0 Å². The second kappa shape index (κ2) is 5.61. The van der Waals surface area contributed by atoms with E-state index in [2.05, 4.69) is 5.32 Å². The molecule has 1 aromatic carbocycles. The lowest BCUT2D eigenvalue weighted by atomic mass is 10.1. The van der Waals surface area contributed by atoms with Gasteiger partial charge >= 0.3 is 0 Å². The van der Waals surface area contributed by atoms with Gasteiger partial charge in [-0.15, -0.1) is 0 Å². The van der Waals surface area contributed by atoms with Crippen LogP contribution in [-0.2, 0) is 0 Å². The van der Waals surface area contributed by atoms with Crippen molar-refractivity contribution in [3.05, 3.63) is 35.1 Å². The number of halogens is 1. The molecule has 1 aromatic rings. The summed E-state index contributed by atoms with van der Waals surface area (Å²) in [6, 6.07) is 4.36. The highest BCUT2D eigenvalue weighted by molar-refractivity contribution is 5.94. The Morgan fingerprint density at radius 2 is 2.25 bits per heavy atom. The molecule has 0 aliphatic heterocycles. The van der Waals surface area contributed by atoms with Crippen LogP contribution in [0.3, 0.4) is 0 Å². The Morgan fingerprint density at radius 3 is 2.81 bits per heavy atom. The summed E-state index contributed by atoms with van der Waals surface area (Å²) in [5.41, 5.74) is 0.814. The lowest BCUT2D eigenvalue weighted by Gasteiger charge is -2.07. The van der Waals surface area contributed by atoms with Gasteiger partial charge in [0.05, 0.1) is 6.10 Å². The molecule has 3 nitrogen and oxygen atoms in total. The first-order valence-electron chi connectivity index (χ1n) is 5.23. The Hall–Kier alpha value is -1.42. The molecule has 1 rings (SSSR count). The van der Waals surface area contributed by atoms with Crippen LogP contribution in [0.4, 0.5) is 4.39 Å². The lowest BCUT2D eigenvalue weighted by Crippen LogP contribution is -2.26. The number of aryl methyl sites for hydroxylation is 1. The summed E-state index contributed by atoms with van der Waals surface area (Å²) >= 11 is 0. The molecule has 4 heteroatoms. The molecule has 16 heavy (non-hydrogen) atoms. The summed E-state index contributed by atoms with van der Waals surface area (Å²) in [7, 11) is 0. The predicted octanol–water partition coefficient (Wildman–Crippen LogP) is 1.63. The van der Waals surface area contributed by atoms with Gasteiger partial charge in [-0.2, -0.15) is 0 Å². The number of carbonyl (C=O) groups excluding carboxylic acids is 1. The number of hydrogen-bond acceptors (Lipinski definition) is 2. The molecule has 1 unspecified atom stereocenters. The van der Waals surface area contributed by atoms with Crippen molar-refractivity contribution in [3.8, 4) is 0 Å². The van der Waals surface area contributed by atoms with Gasteiger partial charge in [0.1, 0.15) is 5.82 Å². The molecular weight excluding hydrogens is 209 g/mol. The maximum absolute atomic E-state index is 13.2. The standard InChI is InChI=1S/C12H16FNO2/c1-8-3-4-10(7-11(8)13)12(16)14-6-5-9(2)15/h3-4,7,9,15H,5-6H2,1-2H3,(H,14,16). The van der Waals surface area contributed by atoms with Gasteiger partial charge in [-0.3, -0.25) is 4.79 Å². The van der Waals surface area contributed by atoms with Gasteiger partial charge in [0.25, 0.3) is 5.91 Å². The quantitative estimate of drug-likeness (QED) is 0.818. The highest BCUT2D eigenvalue weighted by atomic mass is 19.1. The van der Waals surface area contributed by atoms with E-state index in [1.54, 1.807) is 26.0 Å². The first-order valence-corrected chi connectivity index (χ1v) is 5.23. The van der Waals surface area contributed by atoms with Gasteiger partial charge in [0, 0.05) is 12.1 Å². The fourth-order valence-electron chi connectivity index (χ4n) is 1.23. The minimum Gasteiger partial charge on any atom is -0.393 e. The molecule has 2 N–H and O–H groups in total. The summed E-state index contributed by atoms with van der Waals surface area (Å²) in [5.74, 6) is -0.706. The van der Waals surface area contributed by atoms with E-state index >= 15 is 0 Å². The zero-order chi connectivity index (χ0) is 12.1. The molecule has 0 aromatic heterocycles. The largest absolute Gasteiger partial charge is 0.393 e. The van der Waals surface area contributed by atoms with E-state index in [0.29, 0.717) is 24.1 Å². The van der Waals surface area contributed by atoms with E-state index in [1.165, 1.54) is 6.07 Å². The highest BCUT2D eigenvalue weighted by Crippen LogP contribution is 2.08. The summed E-state index contributed by atoms with van der Waals surface area (Å²) in [5, 5.41) is 11.6. The molecule has 0 bridgehead atoms. The van der Waals surface area contributed by atoms with Crippen molar-refractivity contribution in [1.82, 2.24) is 5.32 Å². The minimum absolute atomic E-state index is 0.300. The monoisotopic (exact) mass is 225 g/mol. The normalized spacial score (nSPS) is 12.2. The molecule has 0 radical (unpaired) electrons. The molecule has 0 saturated carbocycles. The highest BCUT2D eigenvalue weighted by Gasteiger charge is 2.07. The Bertz CT molecular complexity index is 377. The summed E-state index contributed by atoms with van der Waals surface area (Å²) in [4.78, 5) is 11.5. The van der Waals surface area contributed by atoms with Gasteiger partial charge in [-0.1, -0.05) is 6.07 Å². The van der Waals surface area contributed by atoms with Crippen molar-refractivity contribution in [3.63, 3.8) is 0 Å². The van der Waals surface area contributed by atoms with E-state index < -0.39 is 6.10 Å².